The van der Waals surface area contributed by atoms with Crippen LogP contribution in [-0.2, 0) is 20.6 Å². The molecule has 1 amide bonds. The lowest BCUT2D eigenvalue weighted by atomic mass is 10.1. The molecule has 0 saturated heterocycles. The van der Waals surface area contributed by atoms with Crippen LogP contribution in [0.1, 0.15) is 24.5 Å². The Balaban J connectivity index is 2.58. The Kier molecular flexibility index (Phi) is 6.15. The van der Waals surface area contributed by atoms with E-state index in [2.05, 4.69) is 10.0 Å². The van der Waals surface area contributed by atoms with Gasteiger partial charge in [0.05, 0.1) is 17.4 Å². The van der Waals surface area contributed by atoms with E-state index in [9.17, 15) is 13.2 Å². The summed E-state index contributed by atoms with van der Waals surface area (Å²) in [7, 11) is -3.56. The highest BCUT2D eigenvalue weighted by molar-refractivity contribution is 7.88. The first-order valence-electron chi connectivity index (χ1n) is 6.20. The molecule has 0 saturated carbocycles. The summed E-state index contributed by atoms with van der Waals surface area (Å²) in [4.78, 5) is 11.2. The molecule has 6 nitrogen and oxygen atoms in total. The number of benzene rings is 1. The predicted octanol–water partition coefficient (Wildman–Crippen LogP) is 0.504. The van der Waals surface area contributed by atoms with Gasteiger partial charge in [0.1, 0.15) is 0 Å². The standard InChI is InChI=1S/C13H17N3O3S/c1-2-15-13(17)7-8-16-20(18,19)10-12-6-4-3-5-11(12)9-14/h3-6,16H,2,7-8,10H2,1H3,(H,15,17). The summed E-state index contributed by atoms with van der Waals surface area (Å²) in [6, 6.07) is 8.48. The lowest BCUT2D eigenvalue weighted by molar-refractivity contribution is -0.120. The van der Waals surface area contributed by atoms with E-state index in [0.29, 0.717) is 17.7 Å². The van der Waals surface area contributed by atoms with Crippen LogP contribution in [0.4, 0.5) is 0 Å². The topological polar surface area (TPSA) is 99.1 Å². The zero-order valence-corrected chi connectivity index (χ0v) is 12.0. The molecule has 108 valence electrons. The molecule has 0 aliphatic carbocycles. The van der Waals surface area contributed by atoms with Crippen LogP contribution < -0.4 is 10.0 Å². The Hall–Kier alpha value is -1.91. The Morgan fingerprint density at radius 3 is 2.70 bits per heavy atom. The second kappa shape index (κ2) is 7.62. The first-order chi connectivity index (χ1) is 9.48. The molecule has 0 heterocycles. The van der Waals surface area contributed by atoms with Gasteiger partial charge in [-0.15, -0.1) is 0 Å². The van der Waals surface area contributed by atoms with Crippen LogP contribution in [0.5, 0.6) is 0 Å². The second-order valence-corrected chi connectivity index (χ2v) is 5.93. The summed E-state index contributed by atoms with van der Waals surface area (Å²) >= 11 is 0. The zero-order chi connectivity index (χ0) is 15.0. The van der Waals surface area contributed by atoms with Gasteiger partial charge in [0.2, 0.25) is 15.9 Å². The normalized spacial score (nSPS) is 10.8. The van der Waals surface area contributed by atoms with Crippen molar-refractivity contribution in [3.05, 3.63) is 35.4 Å². The summed E-state index contributed by atoms with van der Waals surface area (Å²) in [6.45, 7) is 2.35. The van der Waals surface area contributed by atoms with Gasteiger partial charge < -0.3 is 5.32 Å². The molecule has 0 radical (unpaired) electrons. The van der Waals surface area contributed by atoms with Gasteiger partial charge in [-0.2, -0.15) is 5.26 Å². The van der Waals surface area contributed by atoms with Gasteiger partial charge >= 0.3 is 0 Å². The molecular weight excluding hydrogens is 278 g/mol. The Morgan fingerprint density at radius 1 is 1.35 bits per heavy atom. The van der Waals surface area contributed by atoms with Crippen molar-refractivity contribution < 1.29 is 13.2 Å². The molecule has 2 N–H and O–H groups in total. The number of nitrogens with one attached hydrogen (secondary N) is 2. The summed E-state index contributed by atoms with van der Waals surface area (Å²) in [5.41, 5.74) is 0.780. The third-order valence-electron chi connectivity index (χ3n) is 2.53. The van der Waals surface area contributed by atoms with Crippen LogP contribution in [0, 0.1) is 11.3 Å². The van der Waals surface area contributed by atoms with Gasteiger partial charge in [-0.05, 0) is 18.6 Å². The average Bonchev–Trinajstić information content (AvgIpc) is 2.39. The molecule has 0 unspecified atom stereocenters. The summed E-state index contributed by atoms with van der Waals surface area (Å²) < 4.78 is 26.1. The molecule has 20 heavy (non-hydrogen) atoms. The van der Waals surface area contributed by atoms with E-state index < -0.39 is 10.0 Å². The Bertz CT molecular complexity index is 606. The zero-order valence-electron chi connectivity index (χ0n) is 11.2. The number of amides is 1. The Morgan fingerprint density at radius 2 is 2.05 bits per heavy atom. The van der Waals surface area contributed by atoms with Crippen molar-refractivity contribution in [2.24, 2.45) is 0 Å². The van der Waals surface area contributed by atoms with E-state index in [1.54, 1.807) is 31.2 Å². The quantitative estimate of drug-likeness (QED) is 0.765. The molecule has 1 aromatic carbocycles. The highest BCUT2D eigenvalue weighted by atomic mass is 32.2. The third kappa shape index (κ3) is 5.38. The van der Waals surface area contributed by atoms with Gasteiger partial charge in [0.25, 0.3) is 0 Å². The van der Waals surface area contributed by atoms with Crippen molar-refractivity contribution in [2.45, 2.75) is 19.1 Å². The van der Waals surface area contributed by atoms with Crippen LogP contribution in [0.2, 0.25) is 0 Å². The van der Waals surface area contributed by atoms with Crippen LogP contribution >= 0.6 is 0 Å². The van der Waals surface area contributed by atoms with Crippen LogP contribution in [0.15, 0.2) is 24.3 Å². The third-order valence-corrected chi connectivity index (χ3v) is 3.87. The summed E-state index contributed by atoms with van der Waals surface area (Å²) in [6.07, 6.45) is 0.0902. The minimum atomic E-state index is -3.56. The van der Waals surface area contributed by atoms with Crippen LogP contribution in [0.3, 0.4) is 0 Å². The van der Waals surface area contributed by atoms with Gasteiger partial charge in [0, 0.05) is 19.5 Å². The first kappa shape index (κ1) is 16.1. The number of carbonyl (C=O) groups is 1. The van der Waals surface area contributed by atoms with Crippen LogP contribution in [0.25, 0.3) is 0 Å². The van der Waals surface area contributed by atoms with E-state index in [0.717, 1.165) is 0 Å². The van der Waals surface area contributed by atoms with Crippen molar-refractivity contribution in [1.82, 2.24) is 10.0 Å². The molecule has 7 heteroatoms. The fraction of sp³-hybridized carbons (Fsp3) is 0.385. The lowest BCUT2D eigenvalue weighted by Crippen LogP contribution is -2.31. The van der Waals surface area contributed by atoms with Crippen molar-refractivity contribution in [2.75, 3.05) is 13.1 Å². The first-order valence-corrected chi connectivity index (χ1v) is 7.85. The van der Waals surface area contributed by atoms with Gasteiger partial charge in [-0.3, -0.25) is 4.79 Å². The van der Waals surface area contributed by atoms with Gasteiger partial charge in [0.15, 0.2) is 0 Å². The van der Waals surface area contributed by atoms with E-state index in [4.69, 9.17) is 5.26 Å². The molecule has 0 bridgehead atoms. The maximum Gasteiger partial charge on any atom is 0.221 e. The van der Waals surface area contributed by atoms with Crippen molar-refractivity contribution >= 4 is 15.9 Å². The van der Waals surface area contributed by atoms with E-state index in [1.165, 1.54) is 0 Å². The molecule has 0 aromatic heterocycles. The van der Waals surface area contributed by atoms with E-state index in [1.807, 2.05) is 6.07 Å². The van der Waals surface area contributed by atoms with E-state index >= 15 is 0 Å². The largest absolute Gasteiger partial charge is 0.356 e. The monoisotopic (exact) mass is 295 g/mol. The number of sulfonamides is 1. The van der Waals surface area contributed by atoms with Crippen LogP contribution in [-0.4, -0.2) is 27.4 Å². The molecular formula is C13H17N3O3S. The highest BCUT2D eigenvalue weighted by Crippen LogP contribution is 2.10. The maximum absolute atomic E-state index is 11.9. The number of carbonyl (C=O) groups excluding carboxylic acids is 1. The molecule has 0 atom stereocenters. The van der Waals surface area contributed by atoms with Crippen molar-refractivity contribution in [3.8, 4) is 6.07 Å². The molecule has 0 spiro atoms. The fourth-order valence-corrected chi connectivity index (χ4v) is 2.79. The van der Waals surface area contributed by atoms with E-state index in [-0.39, 0.29) is 24.6 Å². The predicted molar refractivity (Wildman–Crippen MR) is 75.1 cm³/mol. The molecule has 1 rings (SSSR count). The minimum absolute atomic E-state index is 0.0445. The van der Waals surface area contributed by atoms with Crippen molar-refractivity contribution in [1.29, 1.82) is 5.26 Å². The smallest absolute Gasteiger partial charge is 0.221 e. The molecule has 0 aliphatic rings. The summed E-state index contributed by atoms with van der Waals surface area (Å²) in [5, 5.41) is 11.5. The average molecular weight is 295 g/mol. The Labute approximate surface area is 118 Å². The fourth-order valence-electron chi connectivity index (χ4n) is 1.62. The number of rotatable bonds is 7. The maximum atomic E-state index is 11.9. The molecule has 1 aromatic rings. The summed E-state index contributed by atoms with van der Waals surface area (Å²) in [5.74, 6) is -0.473. The van der Waals surface area contributed by atoms with Gasteiger partial charge in [-0.25, -0.2) is 13.1 Å². The second-order valence-electron chi connectivity index (χ2n) is 4.13. The number of nitrogens with zero attached hydrogens (tertiary/aromatic N) is 1. The highest BCUT2D eigenvalue weighted by Gasteiger charge is 2.14. The number of hydrogen-bond acceptors (Lipinski definition) is 4. The molecule has 0 fully saturated rings. The molecule has 0 aliphatic heterocycles. The number of hydrogen-bond donors (Lipinski definition) is 2. The SMILES string of the molecule is CCNC(=O)CCNS(=O)(=O)Cc1ccccc1C#N. The lowest BCUT2D eigenvalue weighted by Gasteiger charge is -2.08. The number of nitriles is 1. The van der Waals surface area contributed by atoms with Crippen molar-refractivity contribution in [3.63, 3.8) is 0 Å². The minimum Gasteiger partial charge on any atom is -0.356 e. The van der Waals surface area contributed by atoms with Gasteiger partial charge in [-0.1, -0.05) is 18.2 Å².